The van der Waals surface area contributed by atoms with E-state index in [1.54, 1.807) is 14.1 Å². The van der Waals surface area contributed by atoms with Crippen molar-refractivity contribution in [2.75, 3.05) is 0 Å². The molecule has 7 heteroatoms. The molecule has 2 aromatic heterocycles. The maximum absolute atomic E-state index is 12.6. The molecule has 0 N–H and O–H groups in total. The van der Waals surface area contributed by atoms with Gasteiger partial charge in [-0.15, -0.1) is 0 Å². The van der Waals surface area contributed by atoms with Crippen LogP contribution in [0.2, 0.25) is 5.28 Å². The second kappa shape index (κ2) is 4.89. The van der Waals surface area contributed by atoms with Crippen LogP contribution in [0.15, 0.2) is 39.9 Å². The van der Waals surface area contributed by atoms with E-state index in [0.29, 0.717) is 11.2 Å². The van der Waals surface area contributed by atoms with Gasteiger partial charge in [-0.05, 0) is 17.2 Å². The lowest BCUT2D eigenvalue weighted by molar-refractivity contribution is 0.655. The largest absolute Gasteiger partial charge is 0.332 e. The zero-order chi connectivity index (χ0) is 15.1. The third-order valence-corrected chi connectivity index (χ3v) is 3.83. The van der Waals surface area contributed by atoms with Crippen LogP contribution in [0.25, 0.3) is 11.2 Å². The number of rotatable bonds is 2. The van der Waals surface area contributed by atoms with Gasteiger partial charge in [0.05, 0.1) is 6.54 Å². The summed E-state index contributed by atoms with van der Waals surface area (Å²) in [6.45, 7) is 0.213. The highest BCUT2D eigenvalue weighted by atomic mass is 35.5. The Morgan fingerprint density at radius 2 is 1.76 bits per heavy atom. The number of fused-ring (bicyclic) bond motifs is 1. The lowest BCUT2D eigenvalue weighted by Crippen LogP contribution is -2.39. The summed E-state index contributed by atoms with van der Waals surface area (Å²) in [4.78, 5) is 29.0. The smallest absolute Gasteiger partial charge is 0.312 e. The summed E-state index contributed by atoms with van der Waals surface area (Å²) in [5.41, 5.74) is 0.689. The average Bonchev–Trinajstić information content (AvgIpc) is 2.79. The van der Waals surface area contributed by atoms with E-state index in [1.165, 1.54) is 13.7 Å². The number of imidazole rings is 1. The minimum absolute atomic E-state index is 0.176. The van der Waals surface area contributed by atoms with Gasteiger partial charge in [0.2, 0.25) is 5.28 Å². The van der Waals surface area contributed by atoms with Crippen LogP contribution in [0.5, 0.6) is 0 Å². The molecule has 0 unspecified atom stereocenters. The summed E-state index contributed by atoms with van der Waals surface area (Å²) in [5.74, 6) is 0. The van der Waals surface area contributed by atoms with Crippen LogP contribution >= 0.6 is 11.6 Å². The molecule has 0 spiro atoms. The summed E-state index contributed by atoms with van der Waals surface area (Å²) < 4.78 is 4.02. The standard InChI is InChI=1S/C14H13ClN4O2/c1-17-10-11(16-13(17)15)18(2)14(21)19(12(10)20)8-9-6-4-3-5-7-9/h3-7H,8H2,1-2H3. The maximum Gasteiger partial charge on any atom is 0.332 e. The van der Waals surface area contributed by atoms with Gasteiger partial charge in [-0.25, -0.2) is 4.79 Å². The Bertz CT molecular complexity index is 937. The Morgan fingerprint density at radius 1 is 1.10 bits per heavy atom. The number of aromatic nitrogens is 4. The van der Waals surface area contributed by atoms with Crippen molar-refractivity contribution in [2.24, 2.45) is 14.1 Å². The van der Waals surface area contributed by atoms with Crippen LogP contribution < -0.4 is 11.2 Å². The molecule has 108 valence electrons. The minimum atomic E-state index is -0.411. The van der Waals surface area contributed by atoms with E-state index >= 15 is 0 Å². The van der Waals surface area contributed by atoms with Crippen LogP contribution in [-0.2, 0) is 20.6 Å². The quantitative estimate of drug-likeness (QED) is 0.667. The summed E-state index contributed by atoms with van der Waals surface area (Å²) in [7, 11) is 3.23. The van der Waals surface area contributed by atoms with E-state index < -0.39 is 5.69 Å². The molecule has 0 aliphatic rings. The molecule has 21 heavy (non-hydrogen) atoms. The first-order chi connectivity index (χ1) is 10.0. The number of benzene rings is 1. The van der Waals surface area contributed by atoms with E-state index in [9.17, 15) is 9.59 Å². The molecular formula is C14H13ClN4O2. The molecule has 0 saturated heterocycles. The van der Waals surface area contributed by atoms with E-state index in [2.05, 4.69) is 4.98 Å². The lowest BCUT2D eigenvalue weighted by Gasteiger charge is -2.08. The fourth-order valence-electron chi connectivity index (χ4n) is 2.32. The minimum Gasteiger partial charge on any atom is -0.312 e. The van der Waals surface area contributed by atoms with Crippen molar-refractivity contribution in [3.63, 3.8) is 0 Å². The van der Waals surface area contributed by atoms with Gasteiger partial charge >= 0.3 is 5.69 Å². The molecule has 0 amide bonds. The fourth-order valence-corrected chi connectivity index (χ4v) is 2.49. The fraction of sp³-hybridized carbons (Fsp3) is 0.214. The second-order valence-corrected chi connectivity index (χ2v) is 5.17. The summed E-state index contributed by atoms with van der Waals surface area (Å²) >= 11 is 5.95. The first-order valence-corrected chi connectivity index (χ1v) is 6.74. The highest BCUT2D eigenvalue weighted by Gasteiger charge is 2.17. The Kier molecular flexibility index (Phi) is 3.17. The number of nitrogens with zero attached hydrogens (tertiary/aromatic N) is 4. The Balaban J connectivity index is 2.31. The molecule has 0 bridgehead atoms. The number of hydrogen-bond acceptors (Lipinski definition) is 3. The van der Waals surface area contributed by atoms with E-state index in [1.807, 2.05) is 30.3 Å². The maximum atomic E-state index is 12.6. The van der Waals surface area contributed by atoms with Crippen LogP contribution in [0.3, 0.4) is 0 Å². The van der Waals surface area contributed by atoms with Crippen molar-refractivity contribution < 1.29 is 0 Å². The molecule has 2 heterocycles. The van der Waals surface area contributed by atoms with Gasteiger partial charge in [0, 0.05) is 14.1 Å². The normalized spacial score (nSPS) is 11.2. The van der Waals surface area contributed by atoms with Crippen molar-refractivity contribution in [1.82, 2.24) is 18.7 Å². The van der Waals surface area contributed by atoms with Crippen molar-refractivity contribution in [3.8, 4) is 0 Å². The molecule has 3 aromatic rings. The topological polar surface area (TPSA) is 61.8 Å². The van der Waals surface area contributed by atoms with Crippen molar-refractivity contribution in [3.05, 3.63) is 62.0 Å². The zero-order valence-corrected chi connectivity index (χ0v) is 12.3. The summed E-state index contributed by atoms with van der Waals surface area (Å²) in [6.07, 6.45) is 0. The van der Waals surface area contributed by atoms with Gasteiger partial charge in [0.1, 0.15) is 0 Å². The third kappa shape index (κ3) is 2.08. The van der Waals surface area contributed by atoms with Crippen molar-refractivity contribution >= 4 is 22.8 Å². The van der Waals surface area contributed by atoms with Crippen LogP contribution in [0.1, 0.15) is 5.56 Å². The Hall–Kier alpha value is -2.34. The van der Waals surface area contributed by atoms with Crippen molar-refractivity contribution in [1.29, 1.82) is 0 Å². The number of hydrogen-bond donors (Lipinski definition) is 0. The molecule has 0 radical (unpaired) electrons. The molecule has 0 aliphatic carbocycles. The van der Waals surface area contributed by atoms with E-state index in [0.717, 1.165) is 5.56 Å². The second-order valence-electron chi connectivity index (χ2n) is 4.83. The highest BCUT2D eigenvalue weighted by molar-refractivity contribution is 6.29. The molecule has 3 rings (SSSR count). The summed E-state index contributed by atoms with van der Waals surface area (Å²) in [5, 5.41) is 0.176. The first kappa shape index (κ1) is 13.6. The van der Waals surface area contributed by atoms with Gasteiger partial charge < -0.3 is 4.57 Å². The highest BCUT2D eigenvalue weighted by Crippen LogP contribution is 2.13. The lowest BCUT2D eigenvalue weighted by atomic mass is 10.2. The Labute approximate surface area is 124 Å². The molecular weight excluding hydrogens is 292 g/mol. The molecule has 1 aromatic carbocycles. The van der Waals surface area contributed by atoms with Gasteiger partial charge in [0.25, 0.3) is 5.56 Å². The molecule has 0 fully saturated rings. The number of halogens is 1. The zero-order valence-electron chi connectivity index (χ0n) is 11.6. The SMILES string of the molecule is Cn1c(Cl)nc2c1c(=O)n(Cc1ccccc1)c(=O)n2C. The van der Waals surface area contributed by atoms with Gasteiger partial charge in [-0.3, -0.25) is 13.9 Å². The molecule has 6 nitrogen and oxygen atoms in total. The van der Waals surface area contributed by atoms with E-state index in [4.69, 9.17) is 11.6 Å². The van der Waals surface area contributed by atoms with Gasteiger partial charge in [-0.2, -0.15) is 4.98 Å². The predicted octanol–water partition coefficient (Wildman–Crippen LogP) is 1.14. The Morgan fingerprint density at radius 3 is 2.43 bits per heavy atom. The first-order valence-electron chi connectivity index (χ1n) is 6.36. The predicted molar refractivity (Wildman–Crippen MR) is 80.8 cm³/mol. The monoisotopic (exact) mass is 304 g/mol. The van der Waals surface area contributed by atoms with Crippen LogP contribution in [0.4, 0.5) is 0 Å². The van der Waals surface area contributed by atoms with Crippen LogP contribution in [-0.4, -0.2) is 18.7 Å². The number of aryl methyl sites for hydroxylation is 2. The molecule has 0 aliphatic heterocycles. The van der Waals surface area contributed by atoms with Crippen LogP contribution in [0, 0.1) is 0 Å². The van der Waals surface area contributed by atoms with Gasteiger partial charge in [0.15, 0.2) is 11.2 Å². The molecule has 0 atom stereocenters. The average molecular weight is 305 g/mol. The summed E-state index contributed by atoms with van der Waals surface area (Å²) in [6, 6.07) is 9.35. The molecule has 0 saturated carbocycles. The van der Waals surface area contributed by atoms with Gasteiger partial charge in [-0.1, -0.05) is 30.3 Å². The van der Waals surface area contributed by atoms with Crippen molar-refractivity contribution in [2.45, 2.75) is 6.54 Å². The third-order valence-electron chi connectivity index (χ3n) is 3.49. The van der Waals surface area contributed by atoms with E-state index in [-0.39, 0.29) is 17.4 Å².